The Balaban J connectivity index is 0. The van der Waals surface area contributed by atoms with E-state index in [1.54, 1.807) is 0 Å². The normalized spacial score (nSPS) is 10.8. The molecule has 0 aliphatic heterocycles. The fourth-order valence-electron chi connectivity index (χ4n) is 0.715. The number of hydrogen-bond acceptors (Lipinski definition) is 3. The van der Waals surface area contributed by atoms with Crippen LogP contribution >= 0.6 is 12.4 Å². The Hall–Kier alpha value is -0.970. The van der Waals surface area contributed by atoms with E-state index in [0.717, 1.165) is 0 Å². The molecular weight excluding hydrogens is 196 g/mol. The number of unbranched alkanes of at least 4 members (excludes halogenated alkanes) is 1. The quantitative estimate of drug-likeness (QED) is 0.297. The summed E-state index contributed by atoms with van der Waals surface area (Å²) >= 11 is 0. The average molecular weight is 209 g/mol. The highest BCUT2D eigenvalue weighted by molar-refractivity contribution is 5.85. The molecule has 0 fully saturated rings. The molecule has 6 nitrogen and oxygen atoms in total. The predicted octanol–water partition coefficient (Wildman–Crippen LogP) is 1.30. The number of nitrogens with zero attached hydrogens (tertiary/aromatic N) is 3. The van der Waals surface area contributed by atoms with Crippen molar-refractivity contribution in [3.8, 4) is 0 Å². The Morgan fingerprint density at radius 2 is 2.23 bits per heavy atom. The maximum absolute atomic E-state index is 10.2. The second-order valence-corrected chi connectivity index (χ2v) is 2.39. The van der Waals surface area contributed by atoms with Crippen molar-refractivity contribution < 1.29 is 9.90 Å². The number of aliphatic carboxylic acids is 1. The second kappa shape index (κ2) is 9.12. The number of nitrogens with two attached hydrogens (primary N) is 1. The van der Waals surface area contributed by atoms with E-state index in [0.29, 0.717) is 25.8 Å². The highest BCUT2D eigenvalue weighted by atomic mass is 35.5. The van der Waals surface area contributed by atoms with Crippen molar-refractivity contribution >= 4 is 18.4 Å². The molecule has 0 saturated carbocycles. The molecule has 0 saturated heterocycles. The minimum atomic E-state index is -0.987. The Kier molecular flexibility index (Phi) is 10.2. The van der Waals surface area contributed by atoms with Crippen LogP contribution in [0.1, 0.15) is 19.3 Å². The lowest BCUT2D eigenvalue weighted by Gasteiger charge is -2.03. The van der Waals surface area contributed by atoms with E-state index in [-0.39, 0.29) is 12.4 Å². The predicted molar refractivity (Wildman–Crippen MR) is 50.7 cm³/mol. The third-order valence-electron chi connectivity index (χ3n) is 1.40. The van der Waals surface area contributed by atoms with Crippen LogP contribution in [-0.4, -0.2) is 23.7 Å². The van der Waals surface area contributed by atoms with Crippen molar-refractivity contribution in [2.24, 2.45) is 10.8 Å². The first-order valence-corrected chi connectivity index (χ1v) is 3.67. The molecule has 0 rings (SSSR count). The van der Waals surface area contributed by atoms with Crippen LogP contribution in [0.2, 0.25) is 0 Å². The standard InChI is InChI=1S/C6H12N4O2.ClH/c7-5(6(11)12)3-1-2-4-9-10-8;/h5H,1-4,7H2,(H,11,12);1H/t5-;/m0./s1. The smallest absolute Gasteiger partial charge is 0.320 e. The molecular formula is C6H13ClN4O2. The summed E-state index contributed by atoms with van der Waals surface area (Å²) < 4.78 is 0. The lowest BCUT2D eigenvalue weighted by molar-refractivity contribution is -0.138. The van der Waals surface area contributed by atoms with E-state index in [2.05, 4.69) is 10.0 Å². The first kappa shape index (κ1) is 14.5. The van der Waals surface area contributed by atoms with E-state index in [1.165, 1.54) is 0 Å². The number of carboxylic acids is 1. The summed E-state index contributed by atoms with van der Waals surface area (Å²) in [5, 5.41) is 11.7. The first-order valence-electron chi connectivity index (χ1n) is 3.67. The zero-order chi connectivity index (χ0) is 9.40. The topological polar surface area (TPSA) is 112 Å². The number of carboxylic acid groups (broad SMARTS) is 1. The molecule has 0 aromatic heterocycles. The van der Waals surface area contributed by atoms with Gasteiger partial charge < -0.3 is 10.8 Å². The van der Waals surface area contributed by atoms with Crippen LogP contribution in [0.15, 0.2) is 5.11 Å². The van der Waals surface area contributed by atoms with E-state index in [9.17, 15) is 4.79 Å². The van der Waals surface area contributed by atoms with Gasteiger partial charge >= 0.3 is 5.97 Å². The van der Waals surface area contributed by atoms with Crippen LogP contribution in [0.3, 0.4) is 0 Å². The highest BCUT2D eigenvalue weighted by Gasteiger charge is 2.09. The van der Waals surface area contributed by atoms with Gasteiger partial charge in [-0.2, -0.15) is 0 Å². The van der Waals surface area contributed by atoms with Crippen molar-refractivity contribution in [2.45, 2.75) is 25.3 Å². The molecule has 7 heteroatoms. The summed E-state index contributed by atoms with van der Waals surface area (Å²) in [7, 11) is 0. The summed E-state index contributed by atoms with van der Waals surface area (Å²) in [6, 6.07) is -0.795. The van der Waals surface area contributed by atoms with Gasteiger partial charge in [-0.15, -0.1) is 12.4 Å². The minimum Gasteiger partial charge on any atom is -0.480 e. The molecule has 0 heterocycles. The van der Waals surface area contributed by atoms with Crippen LogP contribution in [-0.2, 0) is 4.79 Å². The summed E-state index contributed by atoms with van der Waals surface area (Å²) in [6.07, 6.45) is 1.79. The fraction of sp³-hybridized carbons (Fsp3) is 0.833. The van der Waals surface area contributed by atoms with Crippen molar-refractivity contribution in [3.63, 3.8) is 0 Å². The van der Waals surface area contributed by atoms with E-state index in [4.69, 9.17) is 16.4 Å². The Labute approximate surface area is 82.1 Å². The number of rotatable bonds is 6. The number of halogens is 1. The lowest BCUT2D eigenvalue weighted by atomic mass is 10.1. The maximum atomic E-state index is 10.2. The molecule has 1 atom stereocenters. The third-order valence-corrected chi connectivity index (χ3v) is 1.40. The Bertz CT molecular complexity index is 193. The van der Waals surface area contributed by atoms with Crippen molar-refractivity contribution in [3.05, 3.63) is 10.4 Å². The zero-order valence-corrected chi connectivity index (χ0v) is 7.90. The number of hydrogen-bond donors (Lipinski definition) is 2. The van der Waals surface area contributed by atoms with Crippen molar-refractivity contribution in [1.29, 1.82) is 0 Å². The van der Waals surface area contributed by atoms with Gasteiger partial charge in [0.25, 0.3) is 0 Å². The van der Waals surface area contributed by atoms with Crippen molar-refractivity contribution in [2.75, 3.05) is 6.54 Å². The van der Waals surface area contributed by atoms with Crippen LogP contribution in [0.25, 0.3) is 10.4 Å². The van der Waals surface area contributed by atoms with Gasteiger partial charge in [-0.25, -0.2) is 0 Å². The summed E-state index contributed by atoms with van der Waals surface area (Å²) in [4.78, 5) is 12.8. The van der Waals surface area contributed by atoms with Crippen molar-refractivity contribution in [1.82, 2.24) is 0 Å². The van der Waals surface area contributed by atoms with Gasteiger partial charge in [0.2, 0.25) is 0 Å². The summed E-state index contributed by atoms with van der Waals surface area (Å²) in [5.41, 5.74) is 13.1. The lowest BCUT2D eigenvalue weighted by Crippen LogP contribution is -2.29. The third kappa shape index (κ3) is 8.94. The van der Waals surface area contributed by atoms with Crippen LogP contribution in [0.4, 0.5) is 0 Å². The number of azide groups is 1. The first-order chi connectivity index (χ1) is 5.68. The monoisotopic (exact) mass is 208 g/mol. The largest absolute Gasteiger partial charge is 0.480 e. The molecule has 0 aliphatic rings. The average Bonchev–Trinajstić information content (AvgIpc) is 2.03. The molecule has 0 radical (unpaired) electrons. The Morgan fingerprint density at radius 1 is 1.62 bits per heavy atom. The van der Waals surface area contributed by atoms with Crippen LogP contribution in [0, 0.1) is 0 Å². The van der Waals surface area contributed by atoms with E-state index < -0.39 is 12.0 Å². The SMILES string of the molecule is Cl.[N-]=[N+]=NCCCC[C@H](N)C(=O)O. The zero-order valence-electron chi connectivity index (χ0n) is 7.09. The summed E-state index contributed by atoms with van der Waals surface area (Å²) in [6.45, 7) is 0.406. The molecule has 3 N–H and O–H groups in total. The molecule has 0 amide bonds. The van der Waals surface area contributed by atoms with Gasteiger partial charge in [-0.1, -0.05) is 11.5 Å². The second-order valence-electron chi connectivity index (χ2n) is 2.39. The minimum absolute atomic E-state index is 0. The molecule has 76 valence electrons. The fourth-order valence-corrected chi connectivity index (χ4v) is 0.715. The summed E-state index contributed by atoms with van der Waals surface area (Å²) in [5.74, 6) is -0.987. The molecule has 0 aliphatic carbocycles. The van der Waals surface area contributed by atoms with Gasteiger partial charge in [0.15, 0.2) is 0 Å². The number of carbonyl (C=O) groups is 1. The van der Waals surface area contributed by atoms with Gasteiger partial charge in [0.1, 0.15) is 6.04 Å². The van der Waals surface area contributed by atoms with Crippen LogP contribution in [0.5, 0.6) is 0 Å². The highest BCUT2D eigenvalue weighted by Crippen LogP contribution is 1.99. The maximum Gasteiger partial charge on any atom is 0.320 e. The molecule has 13 heavy (non-hydrogen) atoms. The molecule has 0 spiro atoms. The van der Waals surface area contributed by atoms with E-state index >= 15 is 0 Å². The van der Waals surface area contributed by atoms with Gasteiger partial charge in [-0.05, 0) is 18.4 Å². The van der Waals surface area contributed by atoms with Gasteiger partial charge in [-0.3, -0.25) is 4.79 Å². The molecule has 0 aromatic rings. The molecule has 0 aromatic carbocycles. The Morgan fingerprint density at radius 3 is 2.69 bits per heavy atom. The molecule has 0 bridgehead atoms. The molecule has 0 unspecified atom stereocenters. The van der Waals surface area contributed by atoms with E-state index in [1.807, 2.05) is 0 Å². The van der Waals surface area contributed by atoms with Gasteiger partial charge in [0, 0.05) is 11.5 Å². The van der Waals surface area contributed by atoms with Crippen LogP contribution < -0.4 is 5.73 Å². The van der Waals surface area contributed by atoms with Gasteiger partial charge in [0.05, 0.1) is 0 Å².